The van der Waals surface area contributed by atoms with Crippen LogP contribution in [-0.2, 0) is 27.4 Å². The fraction of sp³-hybridized carbons (Fsp3) is 0.421. The zero-order valence-corrected chi connectivity index (χ0v) is 18.3. The molecule has 1 aliphatic rings. The fourth-order valence-corrected chi connectivity index (χ4v) is 3.92. The molecule has 1 aromatic carbocycles. The molecule has 9 nitrogen and oxygen atoms in total. The van der Waals surface area contributed by atoms with E-state index in [1.807, 2.05) is 0 Å². The standard InChI is InChI=1S/C19H23F3N6O3S/c1-3-32(30,31)28(2)8-4-7-23-17-14(19(20,21)22)11-24-18(27-17)25-13-6-5-12-9-16(29)26-15(12)10-13/h5-6,10-11H,3-4,7-9H2,1-2H3,(H,26,29)(H2,23,24,25,27). The third-order valence-electron chi connectivity index (χ3n) is 4.87. The quantitative estimate of drug-likeness (QED) is 0.481. The number of hydrogen-bond donors (Lipinski definition) is 3. The van der Waals surface area contributed by atoms with Crippen molar-refractivity contribution >= 4 is 39.1 Å². The molecule has 3 N–H and O–H groups in total. The van der Waals surface area contributed by atoms with Gasteiger partial charge in [-0.2, -0.15) is 18.2 Å². The number of aromatic nitrogens is 2. The van der Waals surface area contributed by atoms with Gasteiger partial charge in [0.05, 0.1) is 12.2 Å². The Morgan fingerprint density at radius 1 is 1.28 bits per heavy atom. The first kappa shape index (κ1) is 23.7. The maximum absolute atomic E-state index is 13.4. The molecule has 0 atom stereocenters. The summed E-state index contributed by atoms with van der Waals surface area (Å²) < 4.78 is 64.8. The summed E-state index contributed by atoms with van der Waals surface area (Å²) in [5, 5.41) is 8.16. The summed E-state index contributed by atoms with van der Waals surface area (Å²) in [5.41, 5.74) is 0.921. The summed E-state index contributed by atoms with van der Waals surface area (Å²) in [4.78, 5) is 19.2. The van der Waals surface area contributed by atoms with E-state index in [0.717, 1.165) is 5.56 Å². The Hall–Kier alpha value is -2.93. The van der Waals surface area contributed by atoms with Gasteiger partial charge in [0.15, 0.2) is 0 Å². The van der Waals surface area contributed by atoms with E-state index in [1.165, 1.54) is 18.3 Å². The molecule has 13 heteroatoms. The number of carbonyl (C=O) groups excluding carboxylic acids is 1. The second-order valence-electron chi connectivity index (χ2n) is 7.18. The fourth-order valence-electron chi connectivity index (χ4n) is 3.07. The molecule has 1 aliphatic heterocycles. The highest BCUT2D eigenvalue weighted by Gasteiger charge is 2.35. The van der Waals surface area contributed by atoms with Crippen LogP contribution in [0.1, 0.15) is 24.5 Å². The maximum Gasteiger partial charge on any atom is 0.421 e. The molecular weight excluding hydrogens is 449 g/mol. The third kappa shape index (κ3) is 5.65. The van der Waals surface area contributed by atoms with Gasteiger partial charge in [0.2, 0.25) is 21.9 Å². The van der Waals surface area contributed by atoms with Crippen LogP contribution in [0.2, 0.25) is 0 Å². The monoisotopic (exact) mass is 472 g/mol. The number of nitrogens with zero attached hydrogens (tertiary/aromatic N) is 3. The maximum atomic E-state index is 13.4. The van der Waals surface area contributed by atoms with Gasteiger partial charge >= 0.3 is 6.18 Å². The molecule has 2 heterocycles. The molecule has 32 heavy (non-hydrogen) atoms. The Bertz CT molecular complexity index is 1110. The number of hydrogen-bond acceptors (Lipinski definition) is 7. The average Bonchev–Trinajstić information content (AvgIpc) is 3.09. The lowest BCUT2D eigenvalue weighted by Crippen LogP contribution is -2.30. The van der Waals surface area contributed by atoms with Crippen LogP contribution in [0, 0.1) is 0 Å². The van der Waals surface area contributed by atoms with Gasteiger partial charge < -0.3 is 16.0 Å². The van der Waals surface area contributed by atoms with E-state index in [4.69, 9.17) is 0 Å². The summed E-state index contributed by atoms with van der Waals surface area (Å²) in [6.07, 6.45) is -3.43. The van der Waals surface area contributed by atoms with Gasteiger partial charge in [-0.15, -0.1) is 0 Å². The number of fused-ring (bicyclic) bond motifs is 1. The molecule has 0 fully saturated rings. The Balaban J connectivity index is 1.71. The van der Waals surface area contributed by atoms with Gasteiger partial charge in [-0.05, 0) is 31.0 Å². The molecule has 1 aromatic heterocycles. The van der Waals surface area contributed by atoms with Crippen LogP contribution in [0.25, 0.3) is 0 Å². The summed E-state index contributed by atoms with van der Waals surface area (Å²) in [6, 6.07) is 5.06. The summed E-state index contributed by atoms with van der Waals surface area (Å²) >= 11 is 0. The molecule has 0 aliphatic carbocycles. The first-order valence-corrected chi connectivity index (χ1v) is 11.4. The number of alkyl halides is 3. The summed E-state index contributed by atoms with van der Waals surface area (Å²) in [5.74, 6) is -0.657. The zero-order valence-electron chi connectivity index (χ0n) is 17.5. The largest absolute Gasteiger partial charge is 0.421 e. The second kappa shape index (κ2) is 9.28. The molecule has 0 saturated heterocycles. The Morgan fingerprint density at radius 2 is 2.03 bits per heavy atom. The minimum absolute atomic E-state index is 0.0531. The van der Waals surface area contributed by atoms with Crippen molar-refractivity contribution in [1.82, 2.24) is 14.3 Å². The van der Waals surface area contributed by atoms with E-state index < -0.39 is 27.6 Å². The number of carbonyl (C=O) groups is 1. The van der Waals surface area contributed by atoms with Crippen molar-refractivity contribution in [3.05, 3.63) is 35.5 Å². The smallest absolute Gasteiger partial charge is 0.369 e. The van der Waals surface area contributed by atoms with Gasteiger partial charge in [-0.1, -0.05) is 6.07 Å². The van der Waals surface area contributed by atoms with Gasteiger partial charge in [-0.3, -0.25) is 4.79 Å². The summed E-state index contributed by atoms with van der Waals surface area (Å²) in [7, 11) is -1.94. The first-order valence-electron chi connectivity index (χ1n) is 9.81. The lowest BCUT2D eigenvalue weighted by molar-refractivity contribution is -0.137. The van der Waals surface area contributed by atoms with Crippen molar-refractivity contribution in [2.75, 3.05) is 41.8 Å². The zero-order chi connectivity index (χ0) is 23.5. The van der Waals surface area contributed by atoms with Gasteiger partial charge in [0, 0.05) is 37.7 Å². The van der Waals surface area contributed by atoms with E-state index in [0.29, 0.717) is 17.6 Å². The van der Waals surface area contributed by atoms with Crippen LogP contribution in [0.4, 0.5) is 36.3 Å². The third-order valence-corrected chi connectivity index (χ3v) is 6.73. The van der Waals surface area contributed by atoms with E-state index in [-0.39, 0.29) is 43.5 Å². The topological polar surface area (TPSA) is 116 Å². The minimum atomic E-state index is -4.67. The van der Waals surface area contributed by atoms with Crippen LogP contribution >= 0.6 is 0 Å². The van der Waals surface area contributed by atoms with Crippen molar-refractivity contribution in [3.63, 3.8) is 0 Å². The van der Waals surface area contributed by atoms with Crippen molar-refractivity contribution < 1.29 is 26.4 Å². The normalized spacial score (nSPS) is 13.8. The van der Waals surface area contributed by atoms with Crippen molar-refractivity contribution in [3.8, 4) is 0 Å². The lowest BCUT2D eigenvalue weighted by Gasteiger charge is -2.17. The van der Waals surface area contributed by atoms with E-state index in [9.17, 15) is 26.4 Å². The van der Waals surface area contributed by atoms with Gasteiger partial charge in [-0.25, -0.2) is 17.7 Å². The van der Waals surface area contributed by atoms with Crippen LogP contribution < -0.4 is 16.0 Å². The van der Waals surface area contributed by atoms with Crippen LogP contribution in [0.15, 0.2) is 24.4 Å². The number of sulfonamides is 1. The predicted octanol–water partition coefficient (Wildman–Crippen LogP) is 2.82. The van der Waals surface area contributed by atoms with Crippen molar-refractivity contribution in [2.24, 2.45) is 0 Å². The number of amides is 1. The highest BCUT2D eigenvalue weighted by molar-refractivity contribution is 7.89. The molecule has 0 saturated carbocycles. The average molecular weight is 472 g/mol. The minimum Gasteiger partial charge on any atom is -0.369 e. The van der Waals surface area contributed by atoms with E-state index >= 15 is 0 Å². The van der Waals surface area contributed by atoms with E-state index in [2.05, 4.69) is 25.9 Å². The second-order valence-corrected chi connectivity index (χ2v) is 9.54. The molecule has 174 valence electrons. The van der Waals surface area contributed by atoms with Crippen molar-refractivity contribution in [2.45, 2.75) is 25.9 Å². The Kier molecular flexibility index (Phi) is 6.88. The molecule has 0 spiro atoms. The molecule has 3 rings (SSSR count). The molecule has 2 aromatic rings. The highest BCUT2D eigenvalue weighted by atomic mass is 32.2. The van der Waals surface area contributed by atoms with Crippen LogP contribution in [0.3, 0.4) is 0 Å². The van der Waals surface area contributed by atoms with Gasteiger partial charge in [0.1, 0.15) is 11.4 Å². The highest BCUT2D eigenvalue weighted by Crippen LogP contribution is 2.34. The first-order chi connectivity index (χ1) is 15.0. The van der Waals surface area contributed by atoms with Crippen LogP contribution in [0.5, 0.6) is 0 Å². The Morgan fingerprint density at radius 3 is 2.72 bits per heavy atom. The predicted molar refractivity (Wildman–Crippen MR) is 114 cm³/mol. The molecular formula is C19H23F3N6O3S. The number of rotatable bonds is 9. The SMILES string of the molecule is CCS(=O)(=O)N(C)CCCNc1nc(Nc2ccc3c(c2)NC(=O)C3)ncc1C(F)(F)F. The Labute approximate surface area is 183 Å². The molecule has 0 bridgehead atoms. The summed E-state index contributed by atoms with van der Waals surface area (Å²) in [6.45, 7) is 1.75. The molecule has 0 radical (unpaired) electrons. The van der Waals surface area contributed by atoms with Crippen molar-refractivity contribution in [1.29, 1.82) is 0 Å². The van der Waals surface area contributed by atoms with Crippen LogP contribution in [-0.4, -0.2) is 54.5 Å². The number of anilines is 4. The number of halogens is 3. The van der Waals surface area contributed by atoms with Gasteiger partial charge in [0.25, 0.3) is 0 Å². The molecule has 0 unspecified atom stereocenters. The number of benzene rings is 1. The number of nitrogens with one attached hydrogen (secondary N) is 3. The van der Waals surface area contributed by atoms with E-state index in [1.54, 1.807) is 18.2 Å². The lowest BCUT2D eigenvalue weighted by atomic mass is 10.1. The molecule has 1 amide bonds.